The van der Waals surface area contributed by atoms with Gasteiger partial charge in [-0.3, -0.25) is 9.35 Å². The van der Waals surface area contributed by atoms with Crippen LogP contribution in [0.1, 0.15) is 200 Å². The van der Waals surface area contributed by atoms with Crippen molar-refractivity contribution in [2.45, 2.75) is 212 Å². The van der Waals surface area contributed by atoms with Crippen LogP contribution in [-0.2, 0) is 14.9 Å². The molecular weight excluding hydrogens is 691 g/mol. The Labute approximate surface area is 334 Å². The van der Waals surface area contributed by atoms with Gasteiger partial charge in [0, 0.05) is 6.42 Å². The van der Waals surface area contributed by atoms with Gasteiger partial charge in [0.25, 0.3) is 10.1 Å². The molecule has 2 unspecified atom stereocenters. The number of aliphatic hydroxyl groups is 1. The number of nitrogens with one attached hydrogen (secondary N) is 1. The Balaban J connectivity index is 3.95. The van der Waals surface area contributed by atoms with Crippen molar-refractivity contribution in [2.24, 2.45) is 0 Å². The molecule has 54 heavy (non-hydrogen) atoms. The van der Waals surface area contributed by atoms with Crippen molar-refractivity contribution < 1.29 is 22.9 Å². The van der Waals surface area contributed by atoms with Crippen LogP contribution in [0.15, 0.2) is 72.9 Å². The molecule has 0 saturated heterocycles. The third kappa shape index (κ3) is 41.0. The molecule has 0 aromatic rings. The van der Waals surface area contributed by atoms with Gasteiger partial charge in [0.05, 0.1) is 17.9 Å². The largest absolute Gasteiger partial charge is 0.391 e. The second-order valence-electron chi connectivity index (χ2n) is 14.9. The van der Waals surface area contributed by atoms with Crippen molar-refractivity contribution >= 4 is 16.0 Å². The molecular formula is C47H83NO5S. The molecule has 0 aromatic heterocycles. The summed E-state index contributed by atoms with van der Waals surface area (Å²) in [5, 5.41) is 13.4. The first kappa shape index (κ1) is 51.8. The maximum absolute atomic E-state index is 12.5. The van der Waals surface area contributed by atoms with E-state index in [9.17, 15) is 22.9 Å². The molecule has 0 aliphatic carbocycles. The topological polar surface area (TPSA) is 104 Å². The van der Waals surface area contributed by atoms with Crippen LogP contribution < -0.4 is 5.32 Å². The van der Waals surface area contributed by atoms with Crippen molar-refractivity contribution in [3.63, 3.8) is 0 Å². The molecule has 3 N–H and O–H groups in total. The maximum Gasteiger partial charge on any atom is 0.266 e. The van der Waals surface area contributed by atoms with Gasteiger partial charge >= 0.3 is 0 Å². The Morgan fingerprint density at radius 1 is 0.519 bits per heavy atom. The van der Waals surface area contributed by atoms with Gasteiger partial charge in [-0.2, -0.15) is 8.42 Å². The molecule has 6 nitrogen and oxygen atoms in total. The fourth-order valence-electron chi connectivity index (χ4n) is 6.40. The van der Waals surface area contributed by atoms with Gasteiger partial charge in [0.2, 0.25) is 5.91 Å². The molecule has 0 spiro atoms. The van der Waals surface area contributed by atoms with Gasteiger partial charge in [-0.1, -0.05) is 202 Å². The van der Waals surface area contributed by atoms with Crippen LogP contribution in [0.3, 0.4) is 0 Å². The van der Waals surface area contributed by atoms with Crippen LogP contribution >= 0.6 is 0 Å². The first-order chi connectivity index (χ1) is 26.3. The summed E-state index contributed by atoms with van der Waals surface area (Å²) in [6.07, 6.45) is 57.1. The average molecular weight is 774 g/mol. The Bertz CT molecular complexity index is 1120. The smallest absolute Gasteiger partial charge is 0.266 e. The predicted molar refractivity (Wildman–Crippen MR) is 234 cm³/mol. The van der Waals surface area contributed by atoms with E-state index in [0.717, 1.165) is 70.6 Å². The van der Waals surface area contributed by atoms with Gasteiger partial charge in [-0.15, -0.1) is 0 Å². The monoisotopic (exact) mass is 774 g/mol. The summed E-state index contributed by atoms with van der Waals surface area (Å²) in [4.78, 5) is 12.5. The third-order valence-corrected chi connectivity index (χ3v) is 10.5. The number of carbonyl (C=O) groups excluding carboxylic acids is 1. The highest BCUT2D eigenvalue weighted by molar-refractivity contribution is 7.85. The van der Waals surface area contributed by atoms with Crippen molar-refractivity contribution in [1.29, 1.82) is 0 Å². The summed E-state index contributed by atoms with van der Waals surface area (Å²) < 4.78 is 32.6. The molecule has 2 atom stereocenters. The van der Waals surface area contributed by atoms with Gasteiger partial charge in [0.15, 0.2) is 0 Å². The minimum Gasteiger partial charge on any atom is -0.391 e. The maximum atomic E-state index is 12.5. The molecule has 1 amide bonds. The lowest BCUT2D eigenvalue weighted by molar-refractivity contribution is -0.122. The van der Waals surface area contributed by atoms with E-state index in [-0.39, 0.29) is 12.3 Å². The zero-order valence-corrected chi connectivity index (χ0v) is 35.6. The minimum absolute atomic E-state index is 0.260. The summed E-state index contributed by atoms with van der Waals surface area (Å²) in [7, 11) is -4.33. The highest BCUT2D eigenvalue weighted by Gasteiger charge is 2.26. The summed E-state index contributed by atoms with van der Waals surface area (Å²) >= 11 is 0. The van der Waals surface area contributed by atoms with Gasteiger partial charge in [0.1, 0.15) is 0 Å². The molecule has 0 saturated carbocycles. The van der Waals surface area contributed by atoms with Crippen molar-refractivity contribution in [1.82, 2.24) is 5.32 Å². The van der Waals surface area contributed by atoms with E-state index in [2.05, 4.69) is 92.1 Å². The fourth-order valence-corrected chi connectivity index (χ4v) is 7.16. The number of amides is 1. The van der Waals surface area contributed by atoms with Gasteiger partial charge < -0.3 is 10.4 Å². The molecule has 0 bridgehead atoms. The Kier molecular flexibility index (Phi) is 38.8. The second-order valence-corrected chi connectivity index (χ2v) is 16.4. The van der Waals surface area contributed by atoms with E-state index < -0.39 is 28.0 Å². The number of carbonyl (C=O) groups is 1. The van der Waals surface area contributed by atoms with Gasteiger partial charge in [-0.05, 0) is 64.2 Å². The van der Waals surface area contributed by atoms with Crippen LogP contribution in [0, 0.1) is 0 Å². The van der Waals surface area contributed by atoms with E-state index in [1.807, 2.05) is 0 Å². The minimum atomic E-state index is -4.33. The normalized spacial score (nSPS) is 13.9. The molecule has 0 aliphatic heterocycles. The first-order valence-electron chi connectivity index (χ1n) is 22.1. The molecule has 0 rings (SSSR count). The number of hydrogen-bond donors (Lipinski definition) is 3. The molecule has 0 heterocycles. The lowest BCUT2D eigenvalue weighted by Gasteiger charge is -2.23. The standard InChI is InChI=1S/C47H83NO5S/c1-3-5-7-9-11-13-15-17-19-21-23-24-25-27-29-31-33-35-37-39-41-43-47(50)48-45(44-54(51,52)53)46(49)42-40-38-36-34-32-30-28-26-22-20-18-16-14-12-10-8-6-4-2/h5,7,11,13,17,19,23-24,27,29,33,35,45-46,49H,3-4,6,8-10,12,14-16,18,20-22,25-26,28,30-32,34,36-44H2,1-2H3,(H,48,50)(H,51,52,53)/b7-5-,13-11-,19-17-,24-23-,29-27-,35-33-. The lowest BCUT2D eigenvalue weighted by atomic mass is 10.0. The summed E-state index contributed by atoms with van der Waals surface area (Å²) in [6, 6.07) is -0.998. The quantitative estimate of drug-likeness (QED) is 0.0328. The number of unbranched alkanes of at least 4 members (excludes halogenated alkanes) is 19. The van der Waals surface area contributed by atoms with Crippen LogP contribution in [0.2, 0.25) is 0 Å². The van der Waals surface area contributed by atoms with E-state index in [0.29, 0.717) is 12.8 Å². The Morgan fingerprint density at radius 3 is 1.28 bits per heavy atom. The van der Waals surface area contributed by atoms with Crippen molar-refractivity contribution in [2.75, 3.05) is 5.75 Å². The fraction of sp³-hybridized carbons (Fsp3) is 0.723. The molecule has 7 heteroatoms. The van der Waals surface area contributed by atoms with E-state index >= 15 is 0 Å². The Morgan fingerprint density at radius 2 is 0.889 bits per heavy atom. The summed E-state index contributed by atoms with van der Waals surface area (Å²) in [5.74, 6) is -0.958. The molecule has 0 aromatic carbocycles. The Hall–Kier alpha value is -2.22. The number of allylic oxidation sites excluding steroid dienone is 12. The van der Waals surface area contributed by atoms with Crippen LogP contribution in [0.5, 0.6) is 0 Å². The second kappa shape index (κ2) is 40.4. The lowest BCUT2D eigenvalue weighted by Crippen LogP contribution is -2.47. The van der Waals surface area contributed by atoms with Crippen LogP contribution in [0.25, 0.3) is 0 Å². The third-order valence-electron chi connectivity index (χ3n) is 9.68. The number of aliphatic hydroxyl groups excluding tert-OH is 1. The highest BCUT2D eigenvalue weighted by atomic mass is 32.2. The molecule has 312 valence electrons. The molecule has 0 aliphatic rings. The highest BCUT2D eigenvalue weighted by Crippen LogP contribution is 2.16. The van der Waals surface area contributed by atoms with E-state index in [4.69, 9.17) is 0 Å². The first-order valence-corrected chi connectivity index (χ1v) is 23.7. The van der Waals surface area contributed by atoms with Crippen molar-refractivity contribution in [3.8, 4) is 0 Å². The summed E-state index contributed by atoms with van der Waals surface area (Å²) in [5.41, 5.74) is 0. The zero-order chi connectivity index (χ0) is 39.6. The molecule has 0 fully saturated rings. The predicted octanol–water partition coefficient (Wildman–Crippen LogP) is 13.4. The summed E-state index contributed by atoms with van der Waals surface area (Å²) in [6.45, 7) is 4.42. The number of rotatable bonds is 39. The molecule has 0 radical (unpaired) electrons. The van der Waals surface area contributed by atoms with Crippen LogP contribution in [-0.4, -0.2) is 41.9 Å². The van der Waals surface area contributed by atoms with Crippen LogP contribution in [0.4, 0.5) is 0 Å². The van der Waals surface area contributed by atoms with E-state index in [1.165, 1.54) is 96.3 Å². The van der Waals surface area contributed by atoms with Gasteiger partial charge in [-0.25, -0.2) is 0 Å². The average Bonchev–Trinajstić information content (AvgIpc) is 3.14. The van der Waals surface area contributed by atoms with E-state index in [1.54, 1.807) is 0 Å². The SMILES string of the molecule is CC/C=C\C/C=C\C/C=C\C/C=C\C/C=C\C/C=C\CCCCC(=O)NC(CS(=O)(=O)O)C(O)CCCCCCCCCCCCCCCCCCCC. The number of hydrogen-bond acceptors (Lipinski definition) is 4. The zero-order valence-electron chi connectivity index (χ0n) is 34.8. The van der Waals surface area contributed by atoms with Crippen molar-refractivity contribution in [3.05, 3.63) is 72.9 Å².